The van der Waals surface area contributed by atoms with Gasteiger partial charge in [-0.3, -0.25) is 0 Å². The molecule has 0 saturated heterocycles. The molecule has 1 aliphatic rings. The Bertz CT molecular complexity index is 863. The lowest BCUT2D eigenvalue weighted by molar-refractivity contribution is 0.159. The number of rotatable bonds is 5. The molecular formula is C22H24O4. The highest BCUT2D eigenvalue weighted by atomic mass is 16.5. The summed E-state index contributed by atoms with van der Waals surface area (Å²) in [7, 11) is 4.83. The molecule has 1 aliphatic heterocycles. The minimum absolute atomic E-state index is 0.290. The highest BCUT2D eigenvalue weighted by molar-refractivity contribution is 5.77. The van der Waals surface area contributed by atoms with E-state index < -0.39 is 0 Å². The van der Waals surface area contributed by atoms with Gasteiger partial charge in [0, 0.05) is 11.1 Å². The minimum atomic E-state index is -0.290. The largest absolute Gasteiger partial charge is 0.493 e. The standard InChI is InChI=1S/C22H24O4/c1-22(2)13-12-16-8-6-15(14-19(16)26-22)7-9-17-10-11-18(23-3)21(25-5)20(17)24-4/h6-14H,1-5H3/b9-7+. The van der Waals surface area contributed by atoms with Crippen molar-refractivity contribution in [2.45, 2.75) is 19.4 Å². The third-order valence-corrected chi connectivity index (χ3v) is 4.26. The Morgan fingerprint density at radius 2 is 1.65 bits per heavy atom. The van der Waals surface area contributed by atoms with Crippen LogP contribution in [0.25, 0.3) is 18.2 Å². The SMILES string of the molecule is COc1ccc(/C=C/c2ccc3c(c2)OC(C)(C)C=C3)c(OC)c1OC. The van der Waals surface area contributed by atoms with E-state index in [9.17, 15) is 0 Å². The molecular weight excluding hydrogens is 328 g/mol. The van der Waals surface area contributed by atoms with Crippen molar-refractivity contribution >= 4 is 18.2 Å². The summed E-state index contributed by atoms with van der Waals surface area (Å²) in [5.74, 6) is 2.75. The molecule has 0 spiro atoms. The molecule has 0 fully saturated rings. The number of hydrogen-bond acceptors (Lipinski definition) is 4. The fourth-order valence-corrected chi connectivity index (χ4v) is 2.93. The van der Waals surface area contributed by atoms with Crippen LogP contribution in [-0.4, -0.2) is 26.9 Å². The molecule has 2 aromatic carbocycles. The zero-order valence-corrected chi connectivity index (χ0v) is 15.8. The molecule has 1 heterocycles. The summed E-state index contributed by atoms with van der Waals surface area (Å²) >= 11 is 0. The van der Waals surface area contributed by atoms with Crippen LogP contribution in [0.15, 0.2) is 36.4 Å². The Morgan fingerprint density at radius 1 is 0.885 bits per heavy atom. The fraction of sp³-hybridized carbons (Fsp3) is 0.273. The van der Waals surface area contributed by atoms with Gasteiger partial charge in [0.15, 0.2) is 11.5 Å². The van der Waals surface area contributed by atoms with Crippen molar-refractivity contribution < 1.29 is 18.9 Å². The average Bonchev–Trinajstić information content (AvgIpc) is 2.64. The van der Waals surface area contributed by atoms with E-state index in [1.807, 2.05) is 44.2 Å². The van der Waals surface area contributed by atoms with Crippen molar-refractivity contribution in [3.63, 3.8) is 0 Å². The lowest BCUT2D eigenvalue weighted by Crippen LogP contribution is -2.27. The monoisotopic (exact) mass is 352 g/mol. The average molecular weight is 352 g/mol. The molecule has 0 bridgehead atoms. The van der Waals surface area contributed by atoms with Gasteiger partial charge >= 0.3 is 0 Å². The molecule has 2 aromatic rings. The van der Waals surface area contributed by atoms with E-state index in [0.29, 0.717) is 17.2 Å². The number of methoxy groups -OCH3 is 3. The normalized spacial score (nSPS) is 14.7. The molecule has 4 heteroatoms. The molecule has 0 amide bonds. The van der Waals surface area contributed by atoms with Crippen LogP contribution in [0.4, 0.5) is 0 Å². The molecule has 0 N–H and O–H groups in total. The van der Waals surface area contributed by atoms with Gasteiger partial charge < -0.3 is 18.9 Å². The van der Waals surface area contributed by atoms with Gasteiger partial charge in [-0.1, -0.05) is 30.4 Å². The smallest absolute Gasteiger partial charge is 0.203 e. The van der Waals surface area contributed by atoms with E-state index in [-0.39, 0.29) is 5.60 Å². The number of fused-ring (bicyclic) bond motifs is 1. The summed E-state index contributed by atoms with van der Waals surface area (Å²) < 4.78 is 22.3. The topological polar surface area (TPSA) is 36.9 Å². The van der Waals surface area contributed by atoms with E-state index in [2.05, 4.69) is 24.3 Å². The highest BCUT2D eigenvalue weighted by Crippen LogP contribution is 2.40. The number of benzene rings is 2. The Hall–Kier alpha value is -2.88. The third-order valence-electron chi connectivity index (χ3n) is 4.26. The molecule has 3 rings (SSSR count). The molecule has 0 atom stereocenters. The van der Waals surface area contributed by atoms with Gasteiger partial charge in [-0.15, -0.1) is 0 Å². The van der Waals surface area contributed by atoms with Crippen LogP contribution in [-0.2, 0) is 0 Å². The predicted octanol–water partition coefficient (Wildman–Crippen LogP) is 5.07. The Labute approximate surface area is 154 Å². The van der Waals surface area contributed by atoms with Gasteiger partial charge in [0.2, 0.25) is 5.75 Å². The second-order valence-corrected chi connectivity index (χ2v) is 6.59. The van der Waals surface area contributed by atoms with Gasteiger partial charge in [0.05, 0.1) is 21.3 Å². The van der Waals surface area contributed by atoms with Crippen LogP contribution in [0.1, 0.15) is 30.5 Å². The lowest BCUT2D eigenvalue weighted by atomic mass is 10.0. The first-order valence-corrected chi connectivity index (χ1v) is 8.47. The van der Waals surface area contributed by atoms with Crippen LogP contribution in [0, 0.1) is 0 Å². The van der Waals surface area contributed by atoms with Gasteiger partial charge in [-0.2, -0.15) is 0 Å². The van der Waals surface area contributed by atoms with Crippen molar-refractivity contribution in [1.82, 2.24) is 0 Å². The lowest BCUT2D eigenvalue weighted by Gasteiger charge is -2.27. The van der Waals surface area contributed by atoms with Crippen molar-refractivity contribution in [3.8, 4) is 23.0 Å². The maximum absolute atomic E-state index is 6.04. The Kier molecular flexibility index (Phi) is 4.94. The molecule has 0 unspecified atom stereocenters. The van der Waals surface area contributed by atoms with Crippen LogP contribution in [0.3, 0.4) is 0 Å². The molecule has 26 heavy (non-hydrogen) atoms. The first-order chi connectivity index (χ1) is 12.5. The summed E-state index contributed by atoms with van der Waals surface area (Å²) in [4.78, 5) is 0. The Balaban J connectivity index is 1.93. The second-order valence-electron chi connectivity index (χ2n) is 6.59. The van der Waals surface area contributed by atoms with Crippen LogP contribution in [0.5, 0.6) is 23.0 Å². The molecule has 0 radical (unpaired) electrons. The summed E-state index contributed by atoms with van der Waals surface area (Å²) in [6.07, 6.45) is 8.19. The predicted molar refractivity (Wildman–Crippen MR) is 105 cm³/mol. The van der Waals surface area contributed by atoms with E-state index in [0.717, 1.165) is 22.4 Å². The highest BCUT2D eigenvalue weighted by Gasteiger charge is 2.21. The van der Waals surface area contributed by atoms with Crippen LogP contribution >= 0.6 is 0 Å². The quantitative estimate of drug-likeness (QED) is 0.704. The van der Waals surface area contributed by atoms with E-state index in [1.165, 1.54) is 0 Å². The van der Waals surface area contributed by atoms with Crippen molar-refractivity contribution in [2.24, 2.45) is 0 Å². The molecule has 0 saturated carbocycles. The minimum Gasteiger partial charge on any atom is -0.493 e. The second kappa shape index (κ2) is 7.16. The summed E-state index contributed by atoms with van der Waals surface area (Å²) in [5, 5.41) is 0. The zero-order valence-electron chi connectivity index (χ0n) is 15.8. The van der Waals surface area contributed by atoms with Crippen molar-refractivity contribution in [3.05, 3.63) is 53.1 Å². The molecule has 0 aromatic heterocycles. The first-order valence-electron chi connectivity index (χ1n) is 8.47. The van der Waals surface area contributed by atoms with Gasteiger partial charge in [0.25, 0.3) is 0 Å². The molecule has 136 valence electrons. The van der Waals surface area contributed by atoms with Crippen LogP contribution in [0.2, 0.25) is 0 Å². The maximum Gasteiger partial charge on any atom is 0.203 e. The maximum atomic E-state index is 6.04. The first kappa shape index (κ1) is 17.9. The van der Waals surface area contributed by atoms with Gasteiger partial charge in [-0.05, 0) is 43.7 Å². The van der Waals surface area contributed by atoms with E-state index in [4.69, 9.17) is 18.9 Å². The van der Waals surface area contributed by atoms with Crippen LogP contribution < -0.4 is 18.9 Å². The van der Waals surface area contributed by atoms with Gasteiger partial charge in [-0.25, -0.2) is 0 Å². The van der Waals surface area contributed by atoms with E-state index >= 15 is 0 Å². The number of hydrogen-bond donors (Lipinski definition) is 0. The number of ether oxygens (including phenoxy) is 4. The van der Waals surface area contributed by atoms with Crippen molar-refractivity contribution in [1.29, 1.82) is 0 Å². The van der Waals surface area contributed by atoms with Crippen molar-refractivity contribution in [2.75, 3.05) is 21.3 Å². The summed E-state index contributed by atoms with van der Waals surface area (Å²) in [5.41, 5.74) is 2.75. The molecule has 4 nitrogen and oxygen atoms in total. The summed E-state index contributed by atoms with van der Waals surface area (Å²) in [6.45, 7) is 4.09. The Morgan fingerprint density at radius 3 is 2.35 bits per heavy atom. The molecule has 0 aliphatic carbocycles. The van der Waals surface area contributed by atoms with E-state index in [1.54, 1.807) is 21.3 Å². The third kappa shape index (κ3) is 3.54. The van der Waals surface area contributed by atoms with Gasteiger partial charge in [0.1, 0.15) is 11.4 Å². The summed E-state index contributed by atoms with van der Waals surface area (Å²) in [6, 6.07) is 9.98. The fourth-order valence-electron chi connectivity index (χ4n) is 2.93. The zero-order chi connectivity index (χ0) is 18.7.